The second-order valence-electron chi connectivity index (χ2n) is 18.4. The molecule has 0 amide bonds. The number of esters is 3. The van der Waals surface area contributed by atoms with Gasteiger partial charge in [0.25, 0.3) is 0 Å². The number of unbranched alkanes of at least 4 members (excludes halogenated alkanes) is 23. The van der Waals surface area contributed by atoms with Gasteiger partial charge in [0.05, 0.1) is 26.2 Å². The first-order valence-corrected chi connectivity index (χ1v) is 29.3. The lowest BCUT2D eigenvalue weighted by Gasteiger charge is -2.21. The Kier molecular flexibility index (Phi) is 50.0. The van der Waals surface area contributed by atoms with Gasteiger partial charge in [-0.05, 0) is 70.6 Å². The Bertz CT molecular complexity index is 1450. The Hall–Kier alpha value is -3.08. The summed E-state index contributed by atoms with van der Waals surface area (Å²) >= 11 is 0. The average molecular weight is 1010 g/mol. The molecule has 0 saturated carbocycles. The summed E-state index contributed by atoms with van der Waals surface area (Å²) in [4.78, 5) is 48.4. The molecule has 11 nitrogen and oxygen atoms in total. The first-order valence-electron chi connectivity index (χ1n) is 27.8. The summed E-state index contributed by atoms with van der Waals surface area (Å²) in [5.41, 5.74) is 0. The molecule has 70 heavy (non-hydrogen) atoms. The van der Waals surface area contributed by atoms with E-state index in [1.54, 1.807) is 6.08 Å². The zero-order chi connectivity index (χ0) is 51.3. The lowest BCUT2D eigenvalue weighted by Crippen LogP contribution is -2.30. The summed E-state index contributed by atoms with van der Waals surface area (Å²) in [5.74, 6) is -1.62. The summed E-state index contributed by atoms with van der Waals surface area (Å²) in [7, 11) is -4.77. The monoisotopic (exact) mass is 1000 g/mol. The lowest BCUT2D eigenvalue weighted by atomic mass is 10.0. The molecule has 0 spiro atoms. The number of rotatable bonds is 51. The van der Waals surface area contributed by atoms with Gasteiger partial charge in [-0.1, -0.05) is 222 Å². The maximum absolute atomic E-state index is 12.9. The van der Waals surface area contributed by atoms with Crippen molar-refractivity contribution in [2.45, 2.75) is 251 Å². The summed E-state index contributed by atoms with van der Waals surface area (Å²) < 4.78 is 39.3. The molecular formula is C58H101O11P. The molecule has 3 atom stereocenters. The van der Waals surface area contributed by atoms with Crippen LogP contribution in [0.1, 0.15) is 239 Å². The molecule has 0 aromatic carbocycles. The molecule has 404 valence electrons. The van der Waals surface area contributed by atoms with Gasteiger partial charge < -0.3 is 24.2 Å². The number of ether oxygens (including phenoxy) is 3. The summed E-state index contributed by atoms with van der Waals surface area (Å²) in [6.45, 7) is 4.40. The first kappa shape index (κ1) is 66.9. The van der Waals surface area contributed by atoms with Crippen LogP contribution in [0.25, 0.3) is 0 Å². The van der Waals surface area contributed by atoms with Gasteiger partial charge in [0.1, 0.15) is 12.7 Å². The van der Waals surface area contributed by atoms with Crippen LogP contribution < -0.4 is 0 Å². The fourth-order valence-electron chi connectivity index (χ4n) is 7.43. The maximum atomic E-state index is 12.9. The molecule has 0 fully saturated rings. The van der Waals surface area contributed by atoms with Crippen molar-refractivity contribution in [3.63, 3.8) is 0 Å². The van der Waals surface area contributed by atoms with E-state index in [0.717, 1.165) is 83.5 Å². The van der Waals surface area contributed by atoms with Crippen LogP contribution in [0.2, 0.25) is 0 Å². The van der Waals surface area contributed by atoms with E-state index in [1.165, 1.54) is 96.3 Å². The van der Waals surface area contributed by atoms with Gasteiger partial charge in [-0.3, -0.25) is 23.4 Å². The van der Waals surface area contributed by atoms with Gasteiger partial charge in [-0.15, -0.1) is 0 Å². The largest absolute Gasteiger partial charge is 0.472 e. The molecule has 0 aromatic rings. The van der Waals surface area contributed by atoms with Crippen LogP contribution in [0.5, 0.6) is 0 Å². The van der Waals surface area contributed by atoms with E-state index in [9.17, 15) is 28.9 Å². The Morgan fingerprint density at radius 3 is 1.26 bits per heavy atom. The molecule has 0 aliphatic heterocycles. The number of carbonyl (C=O) groups excluding carboxylic acids is 3. The fourth-order valence-corrected chi connectivity index (χ4v) is 8.21. The van der Waals surface area contributed by atoms with Crippen molar-refractivity contribution in [1.29, 1.82) is 0 Å². The molecule has 12 heteroatoms. The number of hydrogen-bond acceptors (Lipinski definition) is 10. The zero-order valence-corrected chi connectivity index (χ0v) is 45.4. The number of aliphatic hydroxyl groups is 1. The highest BCUT2D eigenvalue weighted by Crippen LogP contribution is 2.43. The summed E-state index contributed by atoms with van der Waals surface area (Å²) in [6, 6.07) is 0. The maximum Gasteiger partial charge on any atom is 0.472 e. The molecule has 0 aliphatic rings. The number of carbonyl (C=O) groups is 3. The summed E-state index contributed by atoms with van der Waals surface area (Å²) in [6.07, 6.45) is 57.5. The third kappa shape index (κ3) is 49.9. The second-order valence-corrected chi connectivity index (χ2v) is 19.8. The first-order chi connectivity index (χ1) is 34.2. The molecular weight excluding hydrogens is 904 g/mol. The smallest absolute Gasteiger partial charge is 0.462 e. The average Bonchev–Trinajstić information content (AvgIpc) is 3.35. The standard InChI is InChI=1S/C58H101O11P/c1-4-7-10-13-16-19-22-25-27-30-33-36-39-42-45-48-57(61)68-54(50-59)52-66-70(63,64)67-53-55(51-65-56(60)47-44-41-38-35-32-29-24-21-18-15-12-9-6-3)69-58(62)49-46-43-40-37-34-31-28-26-23-20-17-14-11-8-5-2/h8,11,17,20-21,24,26,28,34,37,43,46,54-55,59H,4-7,9-10,12-16,18-19,22-23,25,27,29-33,35-36,38-42,44-45,47-53H2,1-3H3,(H,63,64)/b11-8-,20-17-,24-21-,28-26-,37-34-,46-43-. The van der Waals surface area contributed by atoms with E-state index in [2.05, 4.69) is 69.4 Å². The number of phosphoric acid groups is 1. The molecule has 0 aliphatic carbocycles. The van der Waals surface area contributed by atoms with E-state index in [-0.39, 0.29) is 25.9 Å². The number of phosphoric ester groups is 1. The minimum Gasteiger partial charge on any atom is -0.462 e. The van der Waals surface area contributed by atoms with Crippen molar-refractivity contribution in [1.82, 2.24) is 0 Å². The van der Waals surface area contributed by atoms with Crippen molar-refractivity contribution in [3.05, 3.63) is 72.9 Å². The number of hydrogen-bond donors (Lipinski definition) is 2. The van der Waals surface area contributed by atoms with Gasteiger partial charge in [-0.2, -0.15) is 0 Å². The van der Waals surface area contributed by atoms with E-state index in [0.29, 0.717) is 19.3 Å². The molecule has 3 unspecified atom stereocenters. The number of aliphatic hydroxyl groups excluding tert-OH is 1. The van der Waals surface area contributed by atoms with Crippen LogP contribution in [-0.4, -0.2) is 66.5 Å². The fraction of sp³-hybridized carbons (Fsp3) is 0.741. The van der Waals surface area contributed by atoms with Crippen LogP contribution in [0.4, 0.5) is 0 Å². The van der Waals surface area contributed by atoms with Crippen molar-refractivity contribution < 1.29 is 52.2 Å². The molecule has 0 bridgehead atoms. The third-order valence-corrected chi connectivity index (χ3v) is 12.6. The van der Waals surface area contributed by atoms with Gasteiger partial charge in [0.2, 0.25) is 0 Å². The predicted molar refractivity (Wildman–Crippen MR) is 288 cm³/mol. The van der Waals surface area contributed by atoms with Crippen molar-refractivity contribution in [2.24, 2.45) is 0 Å². The third-order valence-electron chi connectivity index (χ3n) is 11.6. The predicted octanol–water partition coefficient (Wildman–Crippen LogP) is 16.1. The SMILES string of the molecule is CC/C=C\C/C=C\C/C=C\C/C=C\C/C=C\CC(=O)OC(COC(=O)CCCCCCC/C=C\CCCCCC)COP(=O)(O)OCC(CO)OC(=O)CCCCCCCCCCCCCCCCC. The molecule has 0 rings (SSSR count). The Labute approximate surface area is 427 Å². The minimum absolute atomic E-state index is 0.0665. The quantitative estimate of drug-likeness (QED) is 0.0197. The van der Waals surface area contributed by atoms with E-state index in [4.69, 9.17) is 23.3 Å². The van der Waals surface area contributed by atoms with Gasteiger partial charge in [0, 0.05) is 12.8 Å². The number of allylic oxidation sites excluding steroid dienone is 11. The Morgan fingerprint density at radius 1 is 0.429 bits per heavy atom. The van der Waals surface area contributed by atoms with Crippen molar-refractivity contribution >= 4 is 25.7 Å². The van der Waals surface area contributed by atoms with Gasteiger partial charge in [0.15, 0.2) is 6.10 Å². The van der Waals surface area contributed by atoms with E-state index in [1.807, 2.05) is 18.2 Å². The Balaban J connectivity index is 4.81. The van der Waals surface area contributed by atoms with Crippen LogP contribution in [0, 0.1) is 0 Å². The lowest BCUT2D eigenvalue weighted by molar-refractivity contribution is -0.160. The molecule has 2 N–H and O–H groups in total. The van der Waals surface area contributed by atoms with Crippen LogP contribution >= 0.6 is 7.82 Å². The van der Waals surface area contributed by atoms with Gasteiger partial charge >= 0.3 is 25.7 Å². The van der Waals surface area contributed by atoms with Crippen LogP contribution in [0.3, 0.4) is 0 Å². The zero-order valence-electron chi connectivity index (χ0n) is 44.5. The van der Waals surface area contributed by atoms with Gasteiger partial charge in [-0.25, -0.2) is 4.57 Å². The van der Waals surface area contributed by atoms with E-state index >= 15 is 0 Å². The highest BCUT2D eigenvalue weighted by atomic mass is 31.2. The second kappa shape index (κ2) is 52.2. The molecule has 0 saturated heterocycles. The highest BCUT2D eigenvalue weighted by Gasteiger charge is 2.28. The topological polar surface area (TPSA) is 155 Å². The minimum atomic E-state index is -4.77. The van der Waals surface area contributed by atoms with Crippen molar-refractivity contribution in [3.8, 4) is 0 Å². The summed E-state index contributed by atoms with van der Waals surface area (Å²) in [5, 5.41) is 9.80. The molecule has 0 heterocycles. The van der Waals surface area contributed by atoms with Crippen molar-refractivity contribution in [2.75, 3.05) is 26.4 Å². The van der Waals surface area contributed by atoms with Crippen LogP contribution in [0.15, 0.2) is 72.9 Å². The highest BCUT2D eigenvalue weighted by molar-refractivity contribution is 7.47. The normalized spacial score (nSPS) is 14.0. The van der Waals surface area contributed by atoms with Crippen LogP contribution in [-0.2, 0) is 42.2 Å². The Morgan fingerprint density at radius 2 is 0.800 bits per heavy atom. The van der Waals surface area contributed by atoms with E-state index < -0.39 is 57.8 Å². The molecule has 0 aromatic heterocycles. The molecule has 0 radical (unpaired) electrons.